The second-order valence-electron chi connectivity index (χ2n) is 9.08. The van der Waals surface area contributed by atoms with Gasteiger partial charge in [-0.25, -0.2) is 9.37 Å². The summed E-state index contributed by atoms with van der Waals surface area (Å²) in [6, 6.07) is 18.0. The van der Waals surface area contributed by atoms with Gasteiger partial charge in [0.1, 0.15) is 10.8 Å². The van der Waals surface area contributed by atoms with Gasteiger partial charge < -0.3 is 10.2 Å². The molecule has 1 saturated carbocycles. The molecular formula is C27H29ClFN3OS. The number of halogens is 2. The maximum Gasteiger partial charge on any atom is 0.254 e. The highest BCUT2D eigenvalue weighted by atomic mass is 35.5. The lowest BCUT2D eigenvalue weighted by Gasteiger charge is -2.45. The minimum absolute atomic E-state index is 0.00293. The molecule has 1 aromatic heterocycles. The number of pyridine rings is 1. The SMILES string of the molecule is CN(C)C1(Cc2ccc(F)cc2)CCC(NC(=O)c2cccnc2Sc2ccc(Cl)cc2)CC1. The number of amides is 1. The molecule has 1 N–H and O–H groups in total. The van der Waals surface area contributed by atoms with E-state index in [0.717, 1.165) is 42.6 Å². The smallest absolute Gasteiger partial charge is 0.254 e. The summed E-state index contributed by atoms with van der Waals surface area (Å²) in [5, 5.41) is 4.59. The molecule has 0 aliphatic heterocycles. The van der Waals surface area contributed by atoms with Crippen molar-refractivity contribution in [1.82, 2.24) is 15.2 Å². The van der Waals surface area contributed by atoms with Gasteiger partial charge in [0.2, 0.25) is 0 Å². The van der Waals surface area contributed by atoms with E-state index in [0.29, 0.717) is 15.6 Å². The quantitative estimate of drug-likeness (QED) is 0.419. The lowest BCUT2D eigenvalue weighted by atomic mass is 9.75. The molecule has 1 aliphatic rings. The summed E-state index contributed by atoms with van der Waals surface area (Å²) in [6.45, 7) is 0. The molecule has 0 radical (unpaired) electrons. The van der Waals surface area contributed by atoms with E-state index in [1.165, 1.54) is 23.9 Å². The van der Waals surface area contributed by atoms with Crippen LogP contribution in [0.25, 0.3) is 0 Å². The first kappa shape index (κ1) is 24.7. The van der Waals surface area contributed by atoms with Gasteiger partial charge in [-0.2, -0.15) is 0 Å². The van der Waals surface area contributed by atoms with Crippen LogP contribution >= 0.6 is 23.4 Å². The van der Waals surface area contributed by atoms with E-state index in [1.54, 1.807) is 12.3 Å². The lowest BCUT2D eigenvalue weighted by molar-refractivity contribution is 0.0767. The van der Waals surface area contributed by atoms with Crippen LogP contribution in [-0.4, -0.2) is 41.5 Å². The van der Waals surface area contributed by atoms with Gasteiger partial charge in [-0.15, -0.1) is 0 Å². The summed E-state index contributed by atoms with van der Waals surface area (Å²) in [7, 11) is 4.22. The zero-order chi connectivity index (χ0) is 24.1. The Labute approximate surface area is 209 Å². The fourth-order valence-electron chi connectivity index (χ4n) is 4.59. The summed E-state index contributed by atoms with van der Waals surface area (Å²) in [5.74, 6) is -0.302. The summed E-state index contributed by atoms with van der Waals surface area (Å²) < 4.78 is 13.3. The number of aromatic nitrogens is 1. The number of benzene rings is 2. The minimum atomic E-state index is -0.210. The van der Waals surface area contributed by atoms with Gasteiger partial charge >= 0.3 is 0 Å². The molecule has 1 heterocycles. The summed E-state index contributed by atoms with van der Waals surface area (Å²) in [5.41, 5.74) is 1.72. The maximum atomic E-state index is 13.3. The standard InChI is InChI=1S/C27H29ClFN3OS/c1-32(2)27(18-19-5-9-21(29)10-6-19)15-13-22(14-16-27)31-25(33)24-4-3-17-30-26(24)34-23-11-7-20(28)8-12-23/h3-12,17,22H,13-16,18H2,1-2H3,(H,31,33). The molecule has 0 unspecified atom stereocenters. The highest BCUT2D eigenvalue weighted by Crippen LogP contribution is 2.36. The van der Waals surface area contributed by atoms with Crippen molar-refractivity contribution in [2.75, 3.05) is 14.1 Å². The van der Waals surface area contributed by atoms with Crippen molar-refractivity contribution in [2.24, 2.45) is 0 Å². The third-order valence-electron chi connectivity index (χ3n) is 6.69. The molecule has 0 atom stereocenters. The van der Waals surface area contributed by atoms with Crippen LogP contribution in [0.1, 0.15) is 41.6 Å². The molecule has 178 valence electrons. The van der Waals surface area contributed by atoms with Gasteiger partial charge in [-0.05, 0) is 100 Å². The van der Waals surface area contributed by atoms with Crippen molar-refractivity contribution < 1.29 is 9.18 Å². The molecule has 2 aromatic carbocycles. The van der Waals surface area contributed by atoms with Gasteiger partial charge in [-0.1, -0.05) is 35.5 Å². The monoisotopic (exact) mass is 497 g/mol. The zero-order valence-electron chi connectivity index (χ0n) is 19.4. The number of carbonyl (C=O) groups is 1. The van der Waals surface area contributed by atoms with E-state index < -0.39 is 0 Å². The second-order valence-corrected chi connectivity index (χ2v) is 10.6. The summed E-state index contributed by atoms with van der Waals surface area (Å²) >= 11 is 7.44. The van der Waals surface area contributed by atoms with Gasteiger partial charge in [0.15, 0.2) is 0 Å². The highest BCUT2D eigenvalue weighted by Gasteiger charge is 2.37. The first-order valence-corrected chi connectivity index (χ1v) is 12.7. The van der Waals surface area contributed by atoms with Gasteiger partial charge in [0.25, 0.3) is 5.91 Å². The van der Waals surface area contributed by atoms with E-state index >= 15 is 0 Å². The van der Waals surface area contributed by atoms with Crippen molar-refractivity contribution in [2.45, 2.75) is 53.6 Å². The van der Waals surface area contributed by atoms with Crippen LogP contribution < -0.4 is 5.32 Å². The zero-order valence-corrected chi connectivity index (χ0v) is 21.0. The van der Waals surface area contributed by atoms with E-state index in [2.05, 4.69) is 29.3 Å². The largest absolute Gasteiger partial charge is 0.349 e. The number of hydrogen-bond acceptors (Lipinski definition) is 4. The Hall–Kier alpha value is -2.41. The van der Waals surface area contributed by atoms with Crippen LogP contribution in [-0.2, 0) is 6.42 Å². The average molecular weight is 498 g/mol. The van der Waals surface area contributed by atoms with Crippen LogP contribution in [0.2, 0.25) is 5.02 Å². The average Bonchev–Trinajstić information content (AvgIpc) is 2.83. The Balaban J connectivity index is 1.40. The molecule has 4 nitrogen and oxygen atoms in total. The fraction of sp³-hybridized carbons (Fsp3) is 0.333. The molecule has 4 rings (SSSR count). The Morgan fingerprint density at radius 1 is 1.12 bits per heavy atom. The maximum absolute atomic E-state index is 13.3. The van der Waals surface area contributed by atoms with E-state index in [-0.39, 0.29) is 23.3 Å². The fourth-order valence-corrected chi connectivity index (χ4v) is 5.59. The van der Waals surface area contributed by atoms with Crippen LogP contribution in [0, 0.1) is 5.82 Å². The number of hydrogen-bond donors (Lipinski definition) is 1. The topological polar surface area (TPSA) is 45.2 Å². The Kier molecular flexibility index (Phi) is 7.91. The molecule has 1 fully saturated rings. The predicted molar refractivity (Wildman–Crippen MR) is 136 cm³/mol. The highest BCUT2D eigenvalue weighted by molar-refractivity contribution is 7.99. The lowest BCUT2D eigenvalue weighted by Crippen LogP contribution is -2.52. The number of likely N-dealkylation sites (N-methyl/N-ethyl adjacent to an activating group) is 1. The number of nitrogens with zero attached hydrogens (tertiary/aromatic N) is 2. The van der Waals surface area contributed by atoms with Crippen molar-refractivity contribution >= 4 is 29.3 Å². The van der Waals surface area contributed by atoms with E-state index in [1.807, 2.05) is 42.5 Å². The van der Waals surface area contributed by atoms with Crippen LogP contribution in [0.5, 0.6) is 0 Å². The second kappa shape index (κ2) is 10.9. The number of nitrogens with one attached hydrogen (secondary N) is 1. The summed E-state index contributed by atoms with van der Waals surface area (Å²) in [6.07, 6.45) is 6.28. The Bertz CT molecular complexity index is 1110. The van der Waals surface area contributed by atoms with Gasteiger partial charge in [-0.3, -0.25) is 4.79 Å². The Morgan fingerprint density at radius 2 is 1.79 bits per heavy atom. The first-order valence-electron chi connectivity index (χ1n) is 11.5. The molecule has 0 bridgehead atoms. The molecule has 3 aromatic rings. The van der Waals surface area contributed by atoms with Crippen LogP contribution in [0.3, 0.4) is 0 Å². The van der Waals surface area contributed by atoms with Crippen molar-refractivity contribution in [3.63, 3.8) is 0 Å². The molecule has 7 heteroatoms. The van der Waals surface area contributed by atoms with Gasteiger partial charge in [0.05, 0.1) is 5.56 Å². The Morgan fingerprint density at radius 3 is 2.44 bits per heavy atom. The van der Waals surface area contributed by atoms with Crippen molar-refractivity contribution in [1.29, 1.82) is 0 Å². The normalized spacial score (nSPS) is 20.3. The first-order chi connectivity index (χ1) is 16.3. The van der Waals surface area contributed by atoms with Crippen LogP contribution in [0.15, 0.2) is 76.8 Å². The van der Waals surface area contributed by atoms with E-state index in [9.17, 15) is 9.18 Å². The molecule has 1 aliphatic carbocycles. The van der Waals surface area contributed by atoms with Gasteiger partial charge in [0, 0.05) is 27.7 Å². The third kappa shape index (κ3) is 5.98. The number of rotatable bonds is 7. The molecule has 0 spiro atoms. The third-order valence-corrected chi connectivity index (χ3v) is 7.97. The molecular weight excluding hydrogens is 469 g/mol. The predicted octanol–water partition coefficient (Wildman–Crippen LogP) is 6.24. The van der Waals surface area contributed by atoms with E-state index in [4.69, 9.17) is 11.6 Å². The minimum Gasteiger partial charge on any atom is -0.349 e. The van der Waals surface area contributed by atoms with Crippen molar-refractivity contribution in [3.8, 4) is 0 Å². The summed E-state index contributed by atoms with van der Waals surface area (Å²) in [4.78, 5) is 20.9. The van der Waals surface area contributed by atoms with Crippen molar-refractivity contribution in [3.05, 3.63) is 88.8 Å². The molecule has 34 heavy (non-hydrogen) atoms. The molecule has 1 amide bonds. The number of carbonyl (C=O) groups excluding carboxylic acids is 1. The molecule has 0 saturated heterocycles. The van der Waals surface area contributed by atoms with Crippen LogP contribution in [0.4, 0.5) is 4.39 Å².